The SMILES string of the molecule is CCn1c(C(C)C)c(C(C)C)[nH]c1=S. The molecule has 1 N–H and O–H groups in total. The fourth-order valence-corrected chi connectivity index (χ4v) is 2.22. The van der Waals surface area contributed by atoms with Crippen LogP contribution in [0.2, 0.25) is 0 Å². The van der Waals surface area contributed by atoms with Gasteiger partial charge in [0.15, 0.2) is 4.77 Å². The molecule has 1 heterocycles. The molecule has 0 aliphatic rings. The van der Waals surface area contributed by atoms with E-state index in [1.807, 2.05) is 0 Å². The number of hydrogen-bond donors (Lipinski definition) is 1. The molecule has 0 amide bonds. The zero-order valence-corrected chi connectivity index (χ0v) is 10.5. The van der Waals surface area contributed by atoms with Crippen LogP contribution in [-0.2, 0) is 6.54 Å². The lowest BCUT2D eigenvalue weighted by Crippen LogP contribution is -2.05. The van der Waals surface area contributed by atoms with Gasteiger partial charge in [-0.15, -0.1) is 0 Å². The van der Waals surface area contributed by atoms with Gasteiger partial charge in [0.05, 0.1) is 0 Å². The Morgan fingerprint density at radius 1 is 1.21 bits per heavy atom. The predicted molar refractivity (Wildman–Crippen MR) is 63.5 cm³/mol. The minimum atomic E-state index is 0.516. The molecule has 80 valence electrons. The third-order valence-electron chi connectivity index (χ3n) is 2.49. The Balaban J connectivity index is 3.38. The highest BCUT2D eigenvalue weighted by atomic mass is 32.1. The summed E-state index contributed by atoms with van der Waals surface area (Å²) in [5.74, 6) is 1.04. The van der Waals surface area contributed by atoms with Crippen molar-refractivity contribution in [1.29, 1.82) is 0 Å². The number of nitrogens with one attached hydrogen (secondary N) is 1. The van der Waals surface area contributed by atoms with Crippen LogP contribution in [0.1, 0.15) is 57.8 Å². The van der Waals surface area contributed by atoms with Gasteiger partial charge >= 0.3 is 0 Å². The lowest BCUT2D eigenvalue weighted by atomic mass is 10.0. The summed E-state index contributed by atoms with van der Waals surface area (Å²) in [6, 6.07) is 0. The summed E-state index contributed by atoms with van der Waals surface area (Å²) in [5.41, 5.74) is 2.67. The first-order chi connectivity index (χ1) is 6.49. The third kappa shape index (κ3) is 1.92. The van der Waals surface area contributed by atoms with E-state index < -0.39 is 0 Å². The Bertz CT molecular complexity index is 358. The van der Waals surface area contributed by atoms with Crippen molar-refractivity contribution in [3.8, 4) is 0 Å². The number of aromatic nitrogens is 2. The molecule has 1 rings (SSSR count). The van der Waals surface area contributed by atoms with E-state index in [0.29, 0.717) is 11.8 Å². The molecule has 0 unspecified atom stereocenters. The number of imidazole rings is 1. The molecule has 0 radical (unpaired) electrons. The first-order valence-corrected chi connectivity index (χ1v) is 5.72. The molecular weight excluding hydrogens is 192 g/mol. The lowest BCUT2D eigenvalue weighted by molar-refractivity contribution is 0.651. The molecule has 3 heteroatoms. The smallest absolute Gasteiger partial charge is 0.177 e. The molecule has 0 aromatic carbocycles. The highest BCUT2D eigenvalue weighted by Gasteiger charge is 2.16. The van der Waals surface area contributed by atoms with E-state index in [9.17, 15) is 0 Å². The highest BCUT2D eigenvalue weighted by molar-refractivity contribution is 7.71. The van der Waals surface area contributed by atoms with Gasteiger partial charge < -0.3 is 9.55 Å². The van der Waals surface area contributed by atoms with Gasteiger partial charge in [0.1, 0.15) is 0 Å². The van der Waals surface area contributed by atoms with Crippen molar-refractivity contribution in [1.82, 2.24) is 9.55 Å². The predicted octanol–water partition coefficient (Wildman–Crippen LogP) is 3.81. The number of nitrogens with zero attached hydrogens (tertiary/aromatic N) is 1. The average molecular weight is 212 g/mol. The van der Waals surface area contributed by atoms with Gasteiger partial charge in [0.2, 0.25) is 0 Å². The van der Waals surface area contributed by atoms with E-state index in [0.717, 1.165) is 11.3 Å². The van der Waals surface area contributed by atoms with Crippen LogP contribution in [0.4, 0.5) is 0 Å². The molecule has 14 heavy (non-hydrogen) atoms. The van der Waals surface area contributed by atoms with E-state index >= 15 is 0 Å². The fraction of sp³-hybridized carbons (Fsp3) is 0.727. The minimum absolute atomic E-state index is 0.516. The first kappa shape index (κ1) is 11.5. The van der Waals surface area contributed by atoms with Crippen molar-refractivity contribution in [2.75, 3.05) is 0 Å². The second-order valence-corrected chi connectivity index (χ2v) is 4.67. The summed E-state index contributed by atoms with van der Waals surface area (Å²) in [4.78, 5) is 3.32. The van der Waals surface area contributed by atoms with Crippen LogP contribution in [-0.4, -0.2) is 9.55 Å². The number of aromatic amines is 1. The van der Waals surface area contributed by atoms with Crippen molar-refractivity contribution >= 4 is 12.2 Å². The molecule has 0 spiro atoms. The summed E-state index contributed by atoms with van der Waals surface area (Å²) in [6.07, 6.45) is 0. The maximum Gasteiger partial charge on any atom is 0.177 e. The Morgan fingerprint density at radius 2 is 1.79 bits per heavy atom. The number of rotatable bonds is 3. The van der Waals surface area contributed by atoms with Crippen molar-refractivity contribution in [3.63, 3.8) is 0 Å². The summed E-state index contributed by atoms with van der Waals surface area (Å²) < 4.78 is 3.06. The monoisotopic (exact) mass is 212 g/mol. The summed E-state index contributed by atoms with van der Waals surface area (Å²) >= 11 is 5.31. The molecule has 0 aliphatic heterocycles. The number of hydrogen-bond acceptors (Lipinski definition) is 1. The van der Waals surface area contributed by atoms with Crippen LogP contribution >= 0.6 is 12.2 Å². The van der Waals surface area contributed by atoms with Crippen LogP contribution in [0.5, 0.6) is 0 Å². The topological polar surface area (TPSA) is 20.7 Å². The van der Waals surface area contributed by atoms with Crippen molar-refractivity contribution in [3.05, 3.63) is 16.2 Å². The summed E-state index contributed by atoms with van der Waals surface area (Å²) in [7, 11) is 0. The second-order valence-electron chi connectivity index (χ2n) is 4.28. The van der Waals surface area contributed by atoms with Crippen LogP contribution < -0.4 is 0 Å². The molecule has 1 aromatic heterocycles. The molecule has 1 aromatic rings. The molecule has 0 aliphatic carbocycles. The van der Waals surface area contributed by atoms with Gasteiger partial charge in [0, 0.05) is 17.9 Å². The Hall–Kier alpha value is -0.570. The van der Waals surface area contributed by atoms with Crippen LogP contribution in [0.3, 0.4) is 0 Å². The average Bonchev–Trinajstić information content (AvgIpc) is 2.42. The minimum Gasteiger partial charge on any atom is -0.334 e. The van der Waals surface area contributed by atoms with E-state index in [-0.39, 0.29) is 0 Å². The van der Waals surface area contributed by atoms with Crippen molar-refractivity contribution < 1.29 is 0 Å². The zero-order valence-electron chi connectivity index (χ0n) is 9.72. The molecule has 0 bridgehead atoms. The number of H-pyrrole nitrogens is 1. The van der Waals surface area contributed by atoms with Crippen molar-refractivity contribution in [2.24, 2.45) is 0 Å². The van der Waals surface area contributed by atoms with Gasteiger partial charge in [-0.3, -0.25) is 0 Å². The van der Waals surface area contributed by atoms with E-state index in [1.54, 1.807) is 0 Å². The summed E-state index contributed by atoms with van der Waals surface area (Å²) in [6.45, 7) is 11.9. The quantitative estimate of drug-likeness (QED) is 0.756. The van der Waals surface area contributed by atoms with Gasteiger partial charge in [-0.25, -0.2) is 0 Å². The van der Waals surface area contributed by atoms with Crippen LogP contribution in [0.25, 0.3) is 0 Å². The van der Waals surface area contributed by atoms with Gasteiger partial charge in [-0.05, 0) is 31.0 Å². The van der Waals surface area contributed by atoms with Gasteiger partial charge in [-0.2, -0.15) is 0 Å². The highest BCUT2D eigenvalue weighted by Crippen LogP contribution is 2.25. The molecular formula is C11H20N2S. The fourth-order valence-electron chi connectivity index (χ4n) is 1.88. The summed E-state index contributed by atoms with van der Waals surface area (Å²) in [5, 5.41) is 0. The molecule has 0 fully saturated rings. The van der Waals surface area contributed by atoms with Gasteiger partial charge in [-0.1, -0.05) is 27.7 Å². The molecule has 0 atom stereocenters. The second kappa shape index (κ2) is 4.30. The maximum absolute atomic E-state index is 5.31. The Kier molecular flexibility index (Phi) is 3.53. The van der Waals surface area contributed by atoms with E-state index in [2.05, 4.69) is 44.2 Å². The van der Waals surface area contributed by atoms with E-state index in [4.69, 9.17) is 12.2 Å². The largest absolute Gasteiger partial charge is 0.334 e. The zero-order chi connectivity index (χ0) is 10.9. The van der Waals surface area contributed by atoms with Crippen LogP contribution in [0, 0.1) is 4.77 Å². The first-order valence-electron chi connectivity index (χ1n) is 5.31. The lowest BCUT2D eigenvalue weighted by Gasteiger charge is -2.13. The Morgan fingerprint density at radius 3 is 2.14 bits per heavy atom. The van der Waals surface area contributed by atoms with Gasteiger partial charge in [0.25, 0.3) is 0 Å². The standard InChI is InChI=1S/C11H20N2S/c1-6-13-10(8(4)5)9(7(2)3)12-11(13)14/h7-8H,6H2,1-5H3,(H,12,14). The molecule has 0 saturated carbocycles. The van der Waals surface area contributed by atoms with E-state index in [1.165, 1.54) is 11.4 Å². The van der Waals surface area contributed by atoms with Crippen LogP contribution in [0.15, 0.2) is 0 Å². The Labute approximate surface area is 91.3 Å². The van der Waals surface area contributed by atoms with Crippen molar-refractivity contribution in [2.45, 2.75) is 53.0 Å². The molecule has 0 saturated heterocycles. The normalized spacial score (nSPS) is 11.6. The molecule has 2 nitrogen and oxygen atoms in total. The maximum atomic E-state index is 5.31. The third-order valence-corrected chi connectivity index (χ3v) is 2.82.